The van der Waals surface area contributed by atoms with Crippen LogP contribution in [-0.4, -0.2) is 28.6 Å². The van der Waals surface area contributed by atoms with Crippen molar-refractivity contribution in [1.29, 1.82) is 0 Å². The molecule has 0 saturated carbocycles. The molecule has 0 aromatic heterocycles. The third kappa shape index (κ3) is 7.40. The summed E-state index contributed by atoms with van der Waals surface area (Å²) in [5.74, 6) is -0.836. The molecule has 0 aromatic carbocycles. The molecule has 0 saturated heterocycles. The van der Waals surface area contributed by atoms with Gasteiger partial charge in [-0.1, -0.05) is 41.5 Å². The molecular weight excluding hydrogens is 208 g/mol. The average molecular weight is 232 g/mol. The van der Waals surface area contributed by atoms with Gasteiger partial charge in [0, 0.05) is 11.3 Å². The molecule has 0 amide bonds. The quantitative estimate of drug-likeness (QED) is 0.777. The number of aliphatic carboxylic acids is 1. The molecule has 0 aromatic rings. The lowest BCUT2D eigenvalue weighted by atomic mass is 9.83. The van der Waals surface area contributed by atoms with Crippen LogP contribution in [-0.2, 0) is 9.59 Å². The molecule has 0 heterocycles. The van der Waals surface area contributed by atoms with Crippen LogP contribution < -0.4 is 0 Å². The predicted molar refractivity (Wildman–Crippen MR) is 63.2 cm³/mol. The van der Waals surface area contributed by atoms with Gasteiger partial charge in [0.15, 0.2) is 0 Å². The van der Waals surface area contributed by atoms with E-state index in [4.69, 9.17) is 10.2 Å². The van der Waals surface area contributed by atoms with Gasteiger partial charge in [-0.05, 0) is 0 Å². The second-order valence-corrected chi connectivity index (χ2v) is 5.05. The number of Topliss-reactive ketones (excluding diaryl/α,β-unsaturated/α-hetero) is 1. The smallest absolute Gasteiger partial charge is 0.305 e. The third-order valence-corrected chi connectivity index (χ3v) is 2.08. The fourth-order valence-corrected chi connectivity index (χ4v) is 0.859. The highest BCUT2D eigenvalue weighted by Gasteiger charge is 2.28. The Hall–Kier alpha value is -0.900. The van der Waals surface area contributed by atoms with Gasteiger partial charge in [0.1, 0.15) is 5.78 Å². The Morgan fingerprint density at radius 2 is 1.38 bits per heavy atom. The number of carboxylic acid groups (broad SMARTS) is 1. The molecule has 2 N–H and O–H groups in total. The van der Waals surface area contributed by atoms with Crippen LogP contribution in [0, 0.1) is 17.3 Å². The van der Waals surface area contributed by atoms with Gasteiger partial charge in [-0.25, -0.2) is 0 Å². The zero-order valence-corrected chi connectivity index (χ0v) is 11.1. The van der Waals surface area contributed by atoms with E-state index in [1.807, 2.05) is 13.8 Å². The van der Waals surface area contributed by atoms with E-state index in [0.29, 0.717) is 0 Å². The largest absolute Gasteiger partial charge is 0.481 e. The molecule has 0 atom stereocenters. The van der Waals surface area contributed by atoms with Crippen molar-refractivity contribution in [2.45, 2.75) is 41.5 Å². The van der Waals surface area contributed by atoms with Crippen molar-refractivity contribution < 1.29 is 19.8 Å². The van der Waals surface area contributed by atoms with E-state index in [2.05, 4.69) is 0 Å². The van der Waals surface area contributed by atoms with E-state index in [9.17, 15) is 9.59 Å². The number of hydrogen-bond acceptors (Lipinski definition) is 3. The Morgan fingerprint density at radius 1 is 1.06 bits per heavy atom. The molecule has 0 aliphatic carbocycles. The van der Waals surface area contributed by atoms with E-state index in [1.165, 1.54) is 0 Å². The van der Waals surface area contributed by atoms with Crippen LogP contribution in [0.4, 0.5) is 0 Å². The summed E-state index contributed by atoms with van der Waals surface area (Å²) in [7, 11) is 0. The molecule has 0 spiro atoms. The summed E-state index contributed by atoms with van der Waals surface area (Å²) in [6.07, 6.45) is 0. The number of aliphatic hydroxyl groups is 1. The summed E-state index contributed by atoms with van der Waals surface area (Å²) in [5.41, 5.74) is -0.561. The maximum Gasteiger partial charge on any atom is 0.305 e. The fraction of sp³-hybridized carbons (Fsp3) is 0.833. The molecule has 4 heteroatoms. The lowest BCUT2D eigenvalue weighted by molar-refractivity contribution is -0.140. The van der Waals surface area contributed by atoms with Crippen LogP contribution in [0.25, 0.3) is 0 Å². The summed E-state index contributed by atoms with van der Waals surface area (Å²) in [6, 6.07) is 0. The minimum absolute atomic E-state index is 0.0159. The minimum atomic E-state index is -0.741. The SMILES string of the molecule is CC(C)C(=O)C(C)(C)CO.CC(C)C(=O)O. The molecule has 4 nitrogen and oxygen atoms in total. The van der Waals surface area contributed by atoms with Gasteiger partial charge in [-0.3, -0.25) is 9.59 Å². The van der Waals surface area contributed by atoms with Gasteiger partial charge in [0.05, 0.1) is 12.5 Å². The van der Waals surface area contributed by atoms with Crippen molar-refractivity contribution in [3.63, 3.8) is 0 Å². The first-order chi connectivity index (χ1) is 7.06. The van der Waals surface area contributed by atoms with Crippen LogP contribution in [0.15, 0.2) is 0 Å². The molecule has 96 valence electrons. The molecule has 0 bridgehead atoms. The molecule has 0 aliphatic rings. The minimum Gasteiger partial charge on any atom is -0.481 e. The first-order valence-corrected chi connectivity index (χ1v) is 5.44. The zero-order valence-electron chi connectivity index (χ0n) is 11.1. The number of aliphatic hydroxyl groups excluding tert-OH is 1. The van der Waals surface area contributed by atoms with E-state index in [-0.39, 0.29) is 24.2 Å². The predicted octanol–water partition coefficient (Wildman–Crippen LogP) is 1.96. The number of hydrogen-bond donors (Lipinski definition) is 2. The van der Waals surface area contributed by atoms with Crippen LogP contribution in [0.5, 0.6) is 0 Å². The number of ketones is 1. The van der Waals surface area contributed by atoms with Crippen molar-refractivity contribution in [3.05, 3.63) is 0 Å². The van der Waals surface area contributed by atoms with Gasteiger partial charge in [0.2, 0.25) is 0 Å². The van der Waals surface area contributed by atoms with E-state index < -0.39 is 11.4 Å². The number of carbonyl (C=O) groups excluding carboxylic acids is 1. The maximum absolute atomic E-state index is 11.2. The summed E-state index contributed by atoms with van der Waals surface area (Å²) in [6.45, 7) is 10.4. The van der Waals surface area contributed by atoms with Crippen LogP contribution in [0.1, 0.15) is 41.5 Å². The monoisotopic (exact) mass is 232 g/mol. The van der Waals surface area contributed by atoms with Crippen molar-refractivity contribution in [2.75, 3.05) is 6.61 Å². The van der Waals surface area contributed by atoms with Gasteiger partial charge in [0.25, 0.3) is 0 Å². The van der Waals surface area contributed by atoms with Gasteiger partial charge in [-0.15, -0.1) is 0 Å². The van der Waals surface area contributed by atoms with Crippen LogP contribution in [0.3, 0.4) is 0 Å². The normalized spacial score (nSPS) is 11.1. The summed E-state index contributed by atoms with van der Waals surface area (Å²) in [4.78, 5) is 20.9. The molecule has 0 rings (SSSR count). The van der Waals surface area contributed by atoms with Crippen molar-refractivity contribution >= 4 is 11.8 Å². The summed E-state index contributed by atoms with van der Waals surface area (Å²) < 4.78 is 0. The van der Waals surface area contributed by atoms with Crippen molar-refractivity contribution in [3.8, 4) is 0 Å². The Kier molecular flexibility index (Phi) is 8.08. The average Bonchev–Trinajstić information content (AvgIpc) is 2.17. The van der Waals surface area contributed by atoms with Crippen molar-refractivity contribution in [1.82, 2.24) is 0 Å². The molecule has 16 heavy (non-hydrogen) atoms. The Morgan fingerprint density at radius 3 is 1.44 bits per heavy atom. The lowest BCUT2D eigenvalue weighted by Gasteiger charge is -2.21. The topological polar surface area (TPSA) is 74.6 Å². The van der Waals surface area contributed by atoms with Gasteiger partial charge < -0.3 is 10.2 Å². The van der Waals surface area contributed by atoms with Gasteiger partial charge >= 0.3 is 5.97 Å². The Labute approximate surface area is 97.7 Å². The second kappa shape index (κ2) is 7.39. The molecule has 0 radical (unpaired) electrons. The molecule has 0 fully saturated rings. The zero-order chi connectivity index (χ0) is 13.5. The Balaban J connectivity index is 0. The lowest BCUT2D eigenvalue weighted by Crippen LogP contribution is -2.31. The first-order valence-electron chi connectivity index (χ1n) is 5.44. The van der Waals surface area contributed by atoms with E-state index in [0.717, 1.165) is 0 Å². The van der Waals surface area contributed by atoms with Crippen LogP contribution in [0.2, 0.25) is 0 Å². The highest BCUT2D eigenvalue weighted by atomic mass is 16.4. The van der Waals surface area contributed by atoms with E-state index in [1.54, 1.807) is 27.7 Å². The second-order valence-electron chi connectivity index (χ2n) is 5.05. The molecule has 0 aliphatic heterocycles. The van der Waals surface area contributed by atoms with Crippen LogP contribution >= 0.6 is 0 Å². The maximum atomic E-state index is 11.2. The Bertz CT molecular complexity index is 229. The van der Waals surface area contributed by atoms with E-state index >= 15 is 0 Å². The number of carboxylic acids is 1. The van der Waals surface area contributed by atoms with Gasteiger partial charge in [-0.2, -0.15) is 0 Å². The highest BCUT2D eigenvalue weighted by molar-refractivity contribution is 5.85. The number of rotatable bonds is 4. The number of carbonyl (C=O) groups is 2. The standard InChI is InChI=1S/C8H16O2.C4H8O2/c1-6(2)7(10)8(3,4)5-9;1-3(2)4(5)6/h6,9H,5H2,1-4H3;3H,1-2H3,(H,5,6). The van der Waals surface area contributed by atoms with Crippen molar-refractivity contribution in [2.24, 2.45) is 17.3 Å². The summed E-state index contributed by atoms with van der Waals surface area (Å²) >= 11 is 0. The molecular formula is C12H24O4. The fourth-order valence-electron chi connectivity index (χ4n) is 0.859. The third-order valence-electron chi connectivity index (χ3n) is 2.08. The highest BCUT2D eigenvalue weighted by Crippen LogP contribution is 2.19. The first kappa shape index (κ1) is 17.5. The molecule has 0 unspecified atom stereocenters. The summed E-state index contributed by atoms with van der Waals surface area (Å²) in [5, 5.41) is 16.8.